The highest BCUT2D eigenvalue weighted by Gasteiger charge is 2.34. The van der Waals surface area contributed by atoms with Gasteiger partial charge in [-0.3, -0.25) is 14.4 Å². The summed E-state index contributed by atoms with van der Waals surface area (Å²) in [7, 11) is 0. The Bertz CT molecular complexity index is 343. The first kappa shape index (κ1) is 14.5. The molecule has 0 spiro atoms. The van der Waals surface area contributed by atoms with E-state index < -0.39 is 17.9 Å². The predicted octanol–water partition coefficient (Wildman–Crippen LogP) is 0.128. The van der Waals surface area contributed by atoms with E-state index in [1.54, 1.807) is 13.8 Å². The molecule has 0 aliphatic heterocycles. The third kappa shape index (κ3) is 3.72. The van der Waals surface area contributed by atoms with E-state index in [0.717, 1.165) is 0 Å². The first-order chi connectivity index (χ1) is 8.45. The zero-order valence-corrected chi connectivity index (χ0v) is 10.7. The topological polar surface area (TPSA) is 95.5 Å². The Morgan fingerprint density at radius 3 is 2.39 bits per heavy atom. The highest BCUT2D eigenvalue weighted by molar-refractivity contribution is 5.88. The molecule has 0 bridgehead atoms. The van der Waals surface area contributed by atoms with Gasteiger partial charge in [0.25, 0.3) is 0 Å². The van der Waals surface area contributed by atoms with E-state index in [4.69, 9.17) is 5.11 Å². The summed E-state index contributed by atoms with van der Waals surface area (Å²) in [5.74, 6) is -2.01. The summed E-state index contributed by atoms with van der Waals surface area (Å²) < 4.78 is 0. The first-order valence-electron chi connectivity index (χ1n) is 6.26. The molecule has 2 amide bonds. The van der Waals surface area contributed by atoms with Gasteiger partial charge in [-0.05, 0) is 33.1 Å². The highest BCUT2D eigenvalue weighted by atomic mass is 16.4. The zero-order valence-electron chi connectivity index (χ0n) is 10.7. The molecule has 0 aromatic rings. The molecule has 1 aliphatic carbocycles. The largest absolute Gasteiger partial charge is 0.481 e. The fourth-order valence-corrected chi connectivity index (χ4v) is 2.17. The van der Waals surface area contributed by atoms with Crippen LogP contribution in [0.15, 0.2) is 0 Å². The third-order valence-electron chi connectivity index (χ3n) is 3.26. The van der Waals surface area contributed by atoms with Gasteiger partial charge in [-0.2, -0.15) is 0 Å². The second kappa shape index (κ2) is 6.37. The van der Waals surface area contributed by atoms with Crippen LogP contribution in [0.2, 0.25) is 0 Å². The fraction of sp³-hybridized carbons (Fsp3) is 0.750. The van der Waals surface area contributed by atoms with Crippen molar-refractivity contribution in [2.75, 3.05) is 6.54 Å². The number of likely N-dealkylation sites (N-methyl/N-ethyl adjacent to an activating group) is 1. The van der Waals surface area contributed by atoms with Crippen LogP contribution in [0.25, 0.3) is 0 Å². The van der Waals surface area contributed by atoms with Gasteiger partial charge in [0.2, 0.25) is 11.8 Å². The summed E-state index contributed by atoms with van der Waals surface area (Å²) >= 11 is 0. The number of carboxylic acids is 1. The molecule has 3 atom stereocenters. The van der Waals surface area contributed by atoms with E-state index in [1.165, 1.54) is 0 Å². The maximum atomic E-state index is 11.8. The Hall–Kier alpha value is -1.59. The van der Waals surface area contributed by atoms with Crippen LogP contribution in [0.1, 0.15) is 33.1 Å². The van der Waals surface area contributed by atoms with Crippen LogP contribution in [0.4, 0.5) is 0 Å². The van der Waals surface area contributed by atoms with Gasteiger partial charge in [0.05, 0.1) is 5.92 Å². The lowest BCUT2D eigenvalue weighted by Crippen LogP contribution is -2.46. The van der Waals surface area contributed by atoms with Crippen LogP contribution in [0.3, 0.4) is 0 Å². The average Bonchev–Trinajstić information content (AvgIpc) is 2.78. The van der Waals surface area contributed by atoms with E-state index in [0.29, 0.717) is 25.8 Å². The lowest BCUT2D eigenvalue weighted by Gasteiger charge is -2.16. The Morgan fingerprint density at radius 1 is 1.28 bits per heavy atom. The van der Waals surface area contributed by atoms with Crippen molar-refractivity contribution in [1.29, 1.82) is 0 Å². The van der Waals surface area contributed by atoms with Gasteiger partial charge in [0, 0.05) is 12.5 Å². The molecular weight excluding hydrogens is 236 g/mol. The van der Waals surface area contributed by atoms with Crippen molar-refractivity contribution in [1.82, 2.24) is 10.6 Å². The molecule has 0 aromatic carbocycles. The Balaban J connectivity index is 2.42. The summed E-state index contributed by atoms with van der Waals surface area (Å²) in [6, 6.07) is -0.582. The molecule has 1 unspecified atom stereocenters. The number of hydrogen-bond donors (Lipinski definition) is 3. The molecule has 0 saturated heterocycles. The number of carbonyl (C=O) groups is 3. The Morgan fingerprint density at radius 2 is 1.89 bits per heavy atom. The fourth-order valence-electron chi connectivity index (χ4n) is 2.17. The summed E-state index contributed by atoms with van der Waals surface area (Å²) in [6.45, 7) is 3.94. The van der Waals surface area contributed by atoms with Crippen LogP contribution in [-0.2, 0) is 14.4 Å². The molecule has 102 valence electrons. The van der Waals surface area contributed by atoms with E-state index in [9.17, 15) is 14.4 Å². The van der Waals surface area contributed by atoms with Crippen molar-refractivity contribution in [3.05, 3.63) is 0 Å². The zero-order chi connectivity index (χ0) is 13.7. The number of carboxylic acid groups (broad SMARTS) is 1. The maximum Gasteiger partial charge on any atom is 0.306 e. The highest BCUT2D eigenvalue weighted by Crippen LogP contribution is 2.31. The molecule has 6 heteroatoms. The van der Waals surface area contributed by atoms with Gasteiger partial charge in [0.15, 0.2) is 0 Å². The van der Waals surface area contributed by atoms with E-state index >= 15 is 0 Å². The Kier molecular flexibility index (Phi) is 5.12. The maximum absolute atomic E-state index is 11.8. The molecule has 1 rings (SSSR count). The minimum atomic E-state index is -0.845. The number of nitrogens with one attached hydrogen (secondary N) is 2. The molecule has 18 heavy (non-hydrogen) atoms. The molecule has 0 radical (unpaired) electrons. The minimum Gasteiger partial charge on any atom is -0.481 e. The molecule has 6 nitrogen and oxygen atoms in total. The van der Waals surface area contributed by atoms with Crippen LogP contribution < -0.4 is 10.6 Å². The lowest BCUT2D eigenvalue weighted by molar-refractivity contribution is -0.141. The number of carbonyl (C=O) groups excluding carboxylic acids is 2. The summed E-state index contributed by atoms with van der Waals surface area (Å²) in [5.41, 5.74) is 0. The molecular formula is C12H20N2O4. The van der Waals surface area contributed by atoms with Crippen molar-refractivity contribution < 1.29 is 19.5 Å². The van der Waals surface area contributed by atoms with Crippen LogP contribution in [0, 0.1) is 11.8 Å². The molecule has 3 N–H and O–H groups in total. The first-order valence-corrected chi connectivity index (χ1v) is 6.26. The second-order valence-electron chi connectivity index (χ2n) is 4.67. The molecule has 0 aromatic heterocycles. The quantitative estimate of drug-likeness (QED) is 0.651. The van der Waals surface area contributed by atoms with Gasteiger partial charge in [-0.1, -0.05) is 0 Å². The number of amides is 2. The summed E-state index contributed by atoms with van der Waals surface area (Å²) in [4.78, 5) is 34.1. The number of hydrogen-bond acceptors (Lipinski definition) is 3. The Labute approximate surface area is 106 Å². The summed E-state index contributed by atoms with van der Waals surface area (Å²) in [5, 5.41) is 14.1. The van der Waals surface area contributed by atoms with Crippen LogP contribution in [-0.4, -0.2) is 35.5 Å². The van der Waals surface area contributed by atoms with Gasteiger partial charge < -0.3 is 15.7 Å². The number of rotatable bonds is 5. The van der Waals surface area contributed by atoms with Crippen molar-refractivity contribution in [3.8, 4) is 0 Å². The van der Waals surface area contributed by atoms with Crippen molar-refractivity contribution in [2.45, 2.75) is 39.2 Å². The SMILES string of the molecule is CCNC(=O)C(C)NC(=O)[C@@H]1CC[C@H](C(=O)O)C1. The van der Waals surface area contributed by atoms with Gasteiger partial charge in [-0.25, -0.2) is 0 Å². The average molecular weight is 256 g/mol. The predicted molar refractivity (Wildman–Crippen MR) is 64.8 cm³/mol. The van der Waals surface area contributed by atoms with Gasteiger partial charge in [0.1, 0.15) is 6.04 Å². The van der Waals surface area contributed by atoms with Crippen LogP contribution >= 0.6 is 0 Å². The molecule has 1 saturated carbocycles. The summed E-state index contributed by atoms with van der Waals surface area (Å²) in [6.07, 6.45) is 1.47. The number of aliphatic carboxylic acids is 1. The molecule has 0 heterocycles. The lowest BCUT2D eigenvalue weighted by atomic mass is 10.0. The van der Waals surface area contributed by atoms with E-state index in [2.05, 4.69) is 10.6 Å². The van der Waals surface area contributed by atoms with Gasteiger partial charge >= 0.3 is 5.97 Å². The normalized spacial score (nSPS) is 24.3. The molecule has 1 aliphatic rings. The second-order valence-corrected chi connectivity index (χ2v) is 4.67. The third-order valence-corrected chi connectivity index (χ3v) is 3.26. The standard InChI is InChI=1S/C12H20N2O4/c1-3-13-10(15)7(2)14-11(16)8-4-5-9(6-8)12(17)18/h7-9H,3-6H2,1-2H3,(H,13,15)(H,14,16)(H,17,18)/t7?,8-,9+/m1/s1. The molecule has 1 fully saturated rings. The monoisotopic (exact) mass is 256 g/mol. The van der Waals surface area contributed by atoms with E-state index in [1.807, 2.05) is 0 Å². The minimum absolute atomic E-state index is 0.223. The van der Waals surface area contributed by atoms with Crippen molar-refractivity contribution >= 4 is 17.8 Å². The van der Waals surface area contributed by atoms with Crippen LogP contribution in [0.5, 0.6) is 0 Å². The van der Waals surface area contributed by atoms with Crippen molar-refractivity contribution in [3.63, 3.8) is 0 Å². The van der Waals surface area contributed by atoms with E-state index in [-0.39, 0.29) is 17.7 Å². The van der Waals surface area contributed by atoms with Crippen molar-refractivity contribution in [2.24, 2.45) is 11.8 Å². The van der Waals surface area contributed by atoms with Gasteiger partial charge in [-0.15, -0.1) is 0 Å². The smallest absolute Gasteiger partial charge is 0.306 e.